The van der Waals surface area contributed by atoms with Gasteiger partial charge in [-0.25, -0.2) is 4.98 Å². The average Bonchev–Trinajstić information content (AvgIpc) is 2.76. The van der Waals surface area contributed by atoms with Crippen molar-refractivity contribution in [2.45, 2.75) is 44.9 Å². The van der Waals surface area contributed by atoms with Crippen LogP contribution in [0, 0.1) is 0 Å². The third kappa shape index (κ3) is 2.57. The Morgan fingerprint density at radius 3 is 2.72 bits per heavy atom. The Morgan fingerprint density at radius 1 is 1.44 bits per heavy atom. The molecule has 0 amide bonds. The molecule has 2 heterocycles. The molecule has 0 aliphatic carbocycles. The molecule has 1 aromatic rings. The van der Waals surface area contributed by atoms with Gasteiger partial charge in [0, 0.05) is 23.6 Å². The zero-order valence-electron chi connectivity index (χ0n) is 11.3. The molecule has 0 saturated carbocycles. The van der Waals surface area contributed by atoms with Crippen molar-refractivity contribution in [1.29, 1.82) is 0 Å². The summed E-state index contributed by atoms with van der Waals surface area (Å²) in [7, 11) is 0. The highest BCUT2D eigenvalue weighted by molar-refractivity contribution is 8.00. The van der Waals surface area contributed by atoms with Crippen LogP contribution in [0.25, 0.3) is 0 Å². The van der Waals surface area contributed by atoms with E-state index in [0.29, 0.717) is 17.2 Å². The normalized spacial score (nSPS) is 24.6. The minimum absolute atomic E-state index is 0.307. The minimum Gasteiger partial charge on any atom is -0.343 e. The smallest absolute Gasteiger partial charge is 0.186 e. The van der Waals surface area contributed by atoms with Crippen molar-refractivity contribution in [3.8, 4) is 0 Å². The Balaban J connectivity index is 2.30. The lowest BCUT2D eigenvalue weighted by Crippen LogP contribution is -2.44. The van der Waals surface area contributed by atoms with E-state index in [0.717, 1.165) is 34.3 Å². The number of hydrogen-bond donors (Lipinski definition) is 0. The highest BCUT2D eigenvalue weighted by atomic mass is 32.2. The van der Waals surface area contributed by atoms with Gasteiger partial charge >= 0.3 is 0 Å². The van der Waals surface area contributed by atoms with E-state index in [4.69, 9.17) is 4.98 Å². The first-order chi connectivity index (χ1) is 8.54. The maximum atomic E-state index is 11.1. The molecule has 2 unspecified atom stereocenters. The predicted molar refractivity (Wildman–Crippen MR) is 80.3 cm³/mol. The van der Waals surface area contributed by atoms with Crippen LogP contribution >= 0.6 is 23.1 Å². The highest BCUT2D eigenvalue weighted by Crippen LogP contribution is 2.34. The summed E-state index contributed by atoms with van der Waals surface area (Å²) in [5, 5.41) is 1.63. The van der Waals surface area contributed by atoms with Crippen LogP contribution in [0.5, 0.6) is 0 Å². The van der Waals surface area contributed by atoms with E-state index in [2.05, 4.69) is 32.6 Å². The molecule has 100 valence electrons. The van der Waals surface area contributed by atoms with Crippen molar-refractivity contribution in [1.82, 2.24) is 4.98 Å². The van der Waals surface area contributed by atoms with Gasteiger partial charge in [-0.15, -0.1) is 0 Å². The first kappa shape index (κ1) is 13.9. The maximum Gasteiger partial charge on any atom is 0.186 e. The number of aromatic nitrogens is 1. The molecule has 1 fully saturated rings. The molecule has 0 radical (unpaired) electrons. The van der Waals surface area contributed by atoms with Gasteiger partial charge in [0.2, 0.25) is 0 Å². The van der Waals surface area contributed by atoms with Crippen molar-refractivity contribution in [2.24, 2.45) is 0 Å². The van der Waals surface area contributed by atoms with Crippen molar-refractivity contribution >= 4 is 34.5 Å². The summed E-state index contributed by atoms with van der Waals surface area (Å²) >= 11 is 3.55. The van der Waals surface area contributed by atoms with Crippen LogP contribution in [0.3, 0.4) is 0 Å². The topological polar surface area (TPSA) is 33.2 Å². The van der Waals surface area contributed by atoms with Crippen molar-refractivity contribution in [3.05, 3.63) is 10.6 Å². The molecule has 3 nitrogen and oxygen atoms in total. The number of hydrogen-bond acceptors (Lipinski definition) is 5. The van der Waals surface area contributed by atoms with Gasteiger partial charge in [0.1, 0.15) is 0 Å². The van der Waals surface area contributed by atoms with Crippen LogP contribution in [0.2, 0.25) is 0 Å². The number of nitrogens with zero attached hydrogens (tertiary/aromatic N) is 2. The fraction of sp³-hybridized carbons (Fsp3) is 0.692. The molecule has 5 heteroatoms. The van der Waals surface area contributed by atoms with Crippen LogP contribution in [-0.2, 0) is 0 Å². The lowest BCUT2D eigenvalue weighted by molar-refractivity contribution is 0.112. The molecule has 1 aromatic heterocycles. The van der Waals surface area contributed by atoms with E-state index in [1.807, 2.05) is 11.8 Å². The standard InChI is InChI=1S/C13H20N2OS2/c1-8(2)12-11(7-16)18-13(14-12)15-5-6-17-10(4)9(15)3/h7-10H,5-6H2,1-4H3. The van der Waals surface area contributed by atoms with Gasteiger partial charge in [0.15, 0.2) is 11.4 Å². The van der Waals surface area contributed by atoms with E-state index in [9.17, 15) is 4.79 Å². The number of aldehydes is 1. The lowest BCUT2D eigenvalue weighted by Gasteiger charge is -2.37. The van der Waals surface area contributed by atoms with E-state index in [1.165, 1.54) is 11.3 Å². The molecule has 0 bridgehead atoms. The van der Waals surface area contributed by atoms with E-state index >= 15 is 0 Å². The summed E-state index contributed by atoms with van der Waals surface area (Å²) in [6, 6.07) is 0.481. The number of anilines is 1. The second-order valence-corrected chi connectivity index (χ2v) is 7.52. The van der Waals surface area contributed by atoms with Gasteiger partial charge in [-0.1, -0.05) is 32.1 Å². The fourth-order valence-corrected chi connectivity index (χ4v) is 4.40. The summed E-state index contributed by atoms with van der Waals surface area (Å²) in [4.78, 5) is 19.0. The van der Waals surface area contributed by atoms with Crippen LogP contribution in [-0.4, -0.2) is 34.9 Å². The van der Waals surface area contributed by atoms with E-state index in [-0.39, 0.29) is 0 Å². The molecule has 0 N–H and O–H groups in total. The average molecular weight is 284 g/mol. The number of thioether (sulfide) groups is 1. The Morgan fingerprint density at radius 2 is 2.17 bits per heavy atom. The first-order valence-electron chi connectivity index (χ1n) is 6.38. The maximum absolute atomic E-state index is 11.1. The first-order valence-corrected chi connectivity index (χ1v) is 8.25. The van der Waals surface area contributed by atoms with Crippen LogP contribution < -0.4 is 4.90 Å². The third-order valence-corrected chi connectivity index (χ3v) is 5.82. The second-order valence-electron chi connectivity index (χ2n) is 5.03. The molecule has 0 aromatic carbocycles. The summed E-state index contributed by atoms with van der Waals surface area (Å²) in [6.45, 7) is 9.71. The number of thiazole rings is 1. The second kappa shape index (κ2) is 5.61. The number of carbonyl (C=O) groups is 1. The van der Waals surface area contributed by atoms with Crippen LogP contribution in [0.15, 0.2) is 0 Å². The van der Waals surface area contributed by atoms with Crippen LogP contribution in [0.4, 0.5) is 5.13 Å². The Hall–Kier alpha value is -0.550. The molecule has 2 rings (SSSR count). The SMILES string of the molecule is CC(C)c1nc(N2CCSC(C)C2C)sc1C=O. The predicted octanol–water partition coefficient (Wildman–Crippen LogP) is 3.41. The Labute approximate surface area is 117 Å². The quantitative estimate of drug-likeness (QED) is 0.796. The molecule has 0 spiro atoms. The monoisotopic (exact) mass is 284 g/mol. The molecular weight excluding hydrogens is 264 g/mol. The summed E-state index contributed by atoms with van der Waals surface area (Å²) in [6.07, 6.45) is 0.948. The Kier molecular flexibility index (Phi) is 4.33. The van der Waals surface area contributed by atoms with Gasteiger partial charge in [-0.3, -0.25) is 4.79 Å². The van der Waals surface area contributed by atoms with Gasteiger partial charge in [0.05, 0.1) is 10.6 Å². The largest absolute Gasteiger partial charge is 0.343 e. The molecule has 18 heavy (non-hydrogen) atoms. The van der Waals surface area contributed by atoms with Gasteiger partial charge in [-0.2, -0.15) is 11.8 Å². The van der Waals surface area contributed by atoms with E-state index in [1.54, 1.807) is 0 Å². The van der Waals surface area contributed by atoms with Gasteiger partial charge < -0.3 is 4.90 Å². The lowest BCUT2D eigenvalue weighted by atomic mass is 10.1. The summed E-state index contributed by atoms with van der Waals surface area (Å²) in [5.41, 5.74) is 0.947. The summed E-state index contributed by atoms with van der Waals surface area (Å²) < 4.78 is 0. The van der Waals surface area contributed by atoms with Gasteiger partial charge in [-0.05, 0) is 12.8 Å². The number of carbonyl (C=O) groups excluding carboxylic acids is 1. The molecule has 1 saturated heterocycles. The molecular formula is C13H20N2OS2. The van der Waals surface area contributed by atoms with Crippen molar-refractivity contribution < 1.29 is 4.79 Å². The van der Waals surface area contributed by atoms with Gasteiger partial charge in [0.25, 0.3) is 0 Å². The zero-order valence-corrected chi connectivity index (χ0v) is 13.0. The number of rotatable bonds is 3. The third-order valence-electron chi connectivity index (χ3n) is 3.45. The molecule has 1 aliphatic heterocycles. The molecule has 1 aliphatic rings. The summed E-state index contributed by atoms with van der Waals surface area (Å²) in [5.74, 6) is 1.44. The zero-order chi connectivity index (χ0) is 13.3. The minimum atomic E-state index is 0.307. The van der Waals surface area contributed by atoms with Crippen LogP contribution in [0.1, 0.15) is 49.0 Å². The highest BCUT2D eigenvalue weighted by Gasteiger charge is 2.28. The van der Waals surface area contributed by atoms with Crippen molar-refractivity contribution in [3.63, 3.8) is 0 Å². The molecule has 2 atom stereocenters. The Bertz CT molecular complexity index is 431. The van der Waals surface area contributed by atoms with Crippen molar-refractivity contribution in [2.75, 3.05) is 17.2 Å². The van der Waals surface area contributed by atoms with E-state index < -0.39 is 0 Å². The fourth-order valence-electron chi connectivity index (χ4n) is 2.16.